The third kappa shape index (κ3) is 3.03. The molecule has 106 valence electrons. The molecule has 2 heterocycles. The standard InChI is InChI=1S/C14H17N3O3/c1-3-13(18)12-6-5-11(8-15-12)17-9-10(7-16-17)14(19)20-4-2/h5-9,13,18H,3-4H2,1-2H3/t13-/m0/s1. The summed E-state index contributed by atoms with van der Waals surface area (Å²) < 4.78 is 6.44. The Morgan fingerprint density at radius 3 is 2.80 bits per heavy atom. The number of nitrogens with zero attached hydrogens (tertiary/aromatic N) is 3. The van der Waals surface area contributed by atoms with Gasteiger partial charge in [0, 0.05) is 6.20 Å². The zero-order valence-corrected chi connectivity index (χ0v) is 11.5. The van der Waals surface area contributed by atoms with Crippen LogP contribution in [0, 0.1) is 0 Å². The van der Waals surface area contributed by atoms with Crippen molar-refractivity contribution in [2.45, 2.75) is 26.4 Å². The highest BCUT2D eigenvalue weighted by atomic mass is 16.5. The number of carbonyl (C=O) groups is 1. The van der Waals surface area contributed by atoms with Gasteiger partial charge in [-0.05, 0) is 25.5 Å². The van der Waals surface area contributed by atoms with Gasteiger partial charge < -0.3 is 9.84 Å². The molecular weight excluding hydrogens is 258 g/mol. The second-order valence-electron chi connectivity index (χ2n) is 4.26. The molecule has 0 unspecified atom stereocenters. The van der Waals surface area contributed by atoms with Gasteiger partial charge in [-0.1, -0.05) is 6.92 Å². The lowest BCUT2D eigenvalue weighted by Crippen LogP contribution is -2.03. The molecule has 0 saturated heterocycles. The Hall–Kier alpha value is -2.21. The summed E-state index contributed by atoms with van der Waals surface area (Å²) in [5.74, 6) is -0.398. The topological polar surface area (TPSA) is 77.2 Å². The molecule has 0 radical (unpaired) electrons. The van der Waals surface area contributed by atoms with Gasteiger partial charge in [0.25, 0.3) is 0 Å². The molecule has 1 atom stereocenters. The number of ether oxygens (including phenoxy) is 1. The average molecular weight is 275 g/mol. The molecule has 6 heteroatoms. The molecule has 20 heavy (non-hydrogen) atoms. The summed E-state index contributed by atoms with van der Waals surface area (Å²) >= 11 is 0. The zero-order valence-electron chi connectivity index (χ0n) is 11.5. The fourth-order valence-electron chi connectivity index (χ4n) is 1.72. The predicted molar refractivity (Wildman–Crippen MR) is 72.6 cm³/mol. The van der Waals surface area contributed by atoms with Gasteiger partial charge >= 0.3 is 5.97 Å². The van der Waals surface area contributed by atoms with E-state index in [1.54, 1.807) is 36.1 Å². The maximum Gasteiger partial charge on any atom is 0.341 e. The first-order valence-corrected chi connectivity index (χ1v) is 6.51. The molecule has 2 aromatic heterocycles. The second-order valence-corrected chi connectivity index (χ2v) is 4.26. The summed E-state index contributed by atoms with van der Waals surface area (Å²) in [6.45, 7) is 3.97. The number of hydrogen-bond acceptors (Lipinski definition) is 5. The number of aromatic nitrogens is 3. The fraction of sp³-hybridized carbons (Fsp3) is 0.357. The third-order valence-electron chi connectivity index (χ3n) is 2.86. The minimum Gasteiger partial charge on any atom is -0.462 e. The molecule has 6 nitrogen and oxygen atoms in total. The highest BCUT2D eigenvalue weighted by molar-refractivity contribution is 5.88. The first-order chi connectivity index (χ1) is 9.65. The lowest BCUT2D eigenvalue weighted by Gasteiger charge is -2.07. The molecule has 2 aromatic rings. The summed E-state index contributed by atoms with van der Waals surface area (Å²) in [4.78, 5) is 15.7. The van der Waals surface area contributed by atoms with Crippen LogP contribution in [-0.4, -0.2) is 32.4 Å². The van der Waals surface area contributed by atoms with E-state index in [0.29, 0.717) is 30.0 Å². The van der Waals surface area contributed by atoms with Crippen LogP contribution in [0.1, 0.15) is 42.4 Å². The Labute approximate surface area is 117 Å². The van der Waals surface area contributed by atoms with Crippen LogP contribution < -0.4 is 0 Å². The van der Waals surface area contributed by atoms with Crippen LogP contribution in [0.25, 0.3) is 5.69 Å². The van der Waals surface area contributed by atoms with E-state index in [4.69, 9.17) is 4.74 Å². The van der Waals surface area contributed by atoms with Crippen molar-refractivity contribution in [3.8, 4) is 5.69 Å². The van der Waals surface area contributed by atoms with E-state index in [-0.39, 0.29) is 0 Å². The molecule has 2 rings (SSSR count). The van der Waals surface area contributed by atoms with Crippen molar-refractivity contribution in [1.82, 2.24) is 14.8 Å². The highest BCUT2D eigenvalue weighted by Crippen LogP contribution is 2.15. The Morgan fingerprint density at radius 2 is 2.20 bits per heavy atom. The number of carbonyl (C=O) groups excluding carboxylic acids is 1. The van der Waals surface area contributed by atoms with E-state index in [1.165, 1.54) is 6.20 Å². The minimum atomic E-state index is -0.559. The molecule has 0 spiro atoms. The number of aliphatic hydroxyl groups is 1. The van der Waals surface area contributed by atoms with Crippen LogP contribution in [-0.2, 0) is 4.74 Å². The highest BCUT2D eigenvalue weighted by Gasteiger charge is 2.11. The van der Waals surface area contributed by atoms with Crippen molar-refractivity contribution in [3.63, 3.8) is 0 Å². The SMILES string of the molecule is CCOC(=O)c1cnn(-c2ccc([C@@H](O)CC)nc2)c1. The largest absolute Gasteiger partial charge is 0.462 e. The Balaban J connectivity index is 2.18. The van der Waals surface area contributed by atoms with Crippen LogP contribution in [0.5, 0.6) is 0 Å². The monoisotopic (exact) mass is 275 g/mol. The summed E-state index contributed by atoms with van der Waals surface area (Å²) in [5.41, 5.74) is 1.73. The van der Waals surface area contributed by atoms with Crippen molar-refractivity contribution in [1.29, 1.82) is 0 Å². The molecule has 0 aromatic carbocycles. The van der Waals surface area contributed by atoms with E-state index in [0.717, 1.165) is 0 Å². The number of hydrogen-bond donors (Lipinski definition) is 1. The normalized spacial score (nSPS) is 12.2. The van der Waals surface area contributed by atoms with Crippen molar-refractivity contribution in [2.75, 3.05) is 6.61 Å². The van der Waals surface area contributed by atoms with Crippen LogP contribution >= 0.6 is 0 Å². The van der Waals surface area contributed by atoms with E-state index in [1.807, 2.05) is 6.92 Å². The third-order valence-corrected chi connectivity index (χ3v) is 2.86. The number of aliphatic hydroxyl groups excluding tert-OH is 1. The van der Waals surface area contributed by atoms with Crippen LogP contribution in [0.4, 0.5) is 0 Å². The molecule has 0 bridgehead atoms. The molecule has 0 aliphatic carbocycles. The maximum absolute atomic E-state index is 11.5. The Morgan fingerprint density at radius 1 is 1.40 bits per heavy atom. The van der Waals surface area contributed by atoms with Gasteiger partial charge in [0.05, 0.1) is 42.0 Å². The molecule has 1 N–H and O–H groups in total. The lowest BCUT2D eigenvalue weighted by molar-refractivity contribution is 0.0526. The van der Waals surface area contributed by atoms with Crippen molar-refractivity contribution < 1.29 is 14.6 Å². The Bertz CT molecular complexity index is 578. The predicted octanol–water partition coefficient (Wildman–Crippen LogP) is 1.89. The summed E-state index contributed by atoms with van der Waals surface area (Å²) in [6, 6.07) is 3.54. The van der Waals surface area contributed by atoms with Gasteiger partial charge in [-0.25, -0.2) is 9.48 Å². The Kier molecular flexibility index (Phi) is 4.47. The van der Waals surface area contributed by atoms with Crippen LogP contribution in [0.3, 0.4) is 0 Å². The van der Waals surface area contributed by atoms with E-state index in [9.17, 15) is 9.90 Å². The molecule has 0 fully saturated rings. The van der Waals surface area contributed by atoms with Crippen molar-refractivity contribution in [2.24, 2.45) is 0 Å². The lowest BCUT2D eigenvalue weighted by atomic mass is 10.2. The molecule has 0 saturated carbocycles. The molecule has 0 aliphatic heterocycles. The maximum atomic E-state index is 11.5. The second kappa shape index (κ2) is 6.29. The van der Waals surface area contributed by atoms with Crippen LogP contribution in [0.15, 0.2) is 30.7 Å². The van der Waals surface area contributed by atoms with E-state index in [2.05, 4.69) is 10.1 Å². The van der Waals surface area contributed by atoms with Gasteiger partial charge in [-0.2, -0.15) is 5.10 Å². The van der Waals surface area contributed by atoms with E-state index < -0.39 is 12.1 Å². The molecular formula is C14H17N3O3. The summed E-state index contributed by atoms with van der Waals surface area (Å²) in [7, 11) is 0. The van der Waals surface area contributed by atoms with Gasteiger partial charge in [-0.3, -0.25) is 4.98 Å². The van der Waals surface area contributed by atoms with Gasteiger partial charge in [0.2, 0.25) is 0 Å². The fourth-order valence-corrected chi connectivity index (χ4v) is 1.72. The van der Waals surface area contributed by atoms with Crippen molar-refractivity contribution in [3.05, 3.63) is 42.0 Å². The number of pyridine rings is 1. The van der Waals surface area contributed by atoms with Gasteiger partial charge in [-0.15, -0.1) is 0 Å². The molecule has 0 amide bonds. The average Bonchev–Trinajstić information content (AvgIpc) is 2.97. The quantitative estimate of drug-likeness (QED) is 0.843. The number of rotatable bonds is 5. The summed E-state index contributed by atoms with van der Waals surface area (Å²) in [5, 5.41) is 13.8. The van der Waals surface area contributed by atoms with Crippen LogP contribution in [0.2, 0.25) is 0 Å². The number of esters is 1. The molecule has 0 aliphatic rings. The van der Waals surface area contributed by atoms with Crippen molar-refractivity contribution >= 4 is 5.97 Å². The minimum absolute atomic E-state index is 0.329. The zero-order chi connectivity index (χ0) is 14.5. The first-order valence-electron chi connectivity index (χ1n) is 6.51. The van der Waals surface area contributed by atoms with E-state index >= 15 is 0 Å². The van der Waals surface area contributed by atoms with Gasteiger partial charge in [0.15, 0.2) is 0 Å². The summed E-state index contributed by atoms with van der Waals surface area (Å²) in [6.07, 6.45) is 4.70. The van der Waals surface area contributed by atoms with Gasteiger partial charge in [0.1, 0.15) is 0 Å². The smallest absolute Gasteiger partial charge is 0.341 e. The first kappa shape index (κ1) is 14.2.